The second-order valence-corrected chi connectivity index (χ2v) is 11.5. The summed E-state index contributed by atoms with van der Waals surface area (Å²) < 4.78 is 12.2. The van der Waals surface area contributed by atoms with Gasteiger partial charge >= 0.3 is 12.2 Å². The van der Waals surface area contributed by atoms with Crippen LogP contribution in [0, 0.1) is 0 Å². The van der Waals surface area contributed by atoms with Crippen molar-refractivity contribution >= 4 is 39.5 Å². The maximum atomic E-state index is 13.0. The Morgan fingerprint density at radius 2 is 0.907 bits per heavy atom. The van der Waals surface area contributed by atoms with Gasteiger partial charge in [-0.2, -0.15) is 0 Å². The summed E-state index contributed by atoms with van der Waals surface area (Å²) in [6.45, 7) is 0.370. The Kier molecular flexibility index (Phi) is 7.17. The van der Waals surface area contributed by atoms with Crippen LogP contribution in [0.25, 0.3) is 22.3 Å². The van der Waals surface area contributed by atoms with Crippen LogP contribution in [0.4, 0.5) is 21.0 Å². The summed E-state index contributed by atoms with van der Waals surface area (Å²) in [4.78, 5) is 25.9. The smallest absolute Gasteiger partial charge is 0.411 e. The molecular weight excluding hydrogens is 604 g/mol. The summed E-state index contributed by atoms with van der Waals surface area (Å²) in [5.74, 6) is -0.111. The maximum Gasteiger partial charge on any atom is 0.411 e. The zero-order valence-corrected chi connectivity index (χ0v) is 24.6. The van der Waals surface area contributed by atoms with Gasteiger partial charge in [0.1, 0.15) is 13.2 Å². The zero-order chi connectivity index (χ0) is 29.3. The largest absolute Gasteiger partial charge is 0.448 e. The first-order valence-corrected chi connectivity index (χ1v) is 14.9. The number of hydrogen-bond acceptors (Lipinski definition) is 4. The van der Waals surface area contributed by atoms with Crippen LogP contribution < -0.4 is 10.6 Å². The second kappa shape index (κ2) is 11.4. The van der Waals surface area contributed by atoms with Gasteiger partial charge in [-0.3, -0.25) is 10.6 Å². The lowest BCUT2D eigenvalue weighted by Gasteiger charge is -2.17. The van der Waals surface area contributed by atoms with E-state index in [0.29, 0.717) is 11.4 Å². The van der Waals surface area contributed by atoms with Gasteiger partial charge in [0.2, 0.25) is 0 Å². The number of rotatable bonds is 6. The average Bonchev–Trinajstić information content (AvgIpc) is 3.53. The summed E-state index contributed by atoms with van der Waals surface area (Å²) in [6, 6.07) is 37.9. The monoisotopic (exact) mass is 630 g/mol. The fourth-order valence-corrected chi connectivity index (χ4v) is 6.58. The van der Waals surface area contributed by atoms with E-state index in [1.807, 2.05) is 48.5 Å². The van der Waals surface area contributed by atoms with Crippen molar-refractivity contribution in [2.45, 2.75) is 11.8 Å². The Hall–Kier alpha value is -4.88. The van der Waals surface area contributed by atoms with Crippen LogP contribution >= 0.6 is 15.9 Å². The number of benzene rings is 5. The van der Waals surface area contributed by atoms with E-state index < -0.39 is 12.2 Å². The number of halogens is 1. The average molecular weight is 632 g/mol. The molecule has 43 heavy (non-hydrogen) atoms. The van der Waals surface area contributed by atoms with Gasteiger partial charge in [0.05, 0.1) is 11.4 Å². The minimum atomic E-state index is -0.615. The van der Waals surface area contributed by atoms with Gasteiger partial charge in [0.25, 0.3) is 0 Å². The van der Waals surface area contributed by atoms with Crippen molar-refractivity contribution < 1.29 is 19.1 Å². The van der Waals surface area contributed by atoms with E-state index in [4.69, 9.17) is 9.47 Å². The molecule has 212 valence electrons. The van der Waals surface area contributed by atoms with E-state index in [-0.39, 0.29) is 25.0 Å². The highest BCUT2D eigenvalue weighted by atomic mass is 79.9. The lowest BCUT2D eigenvalue weighted by molar-refractivity contribution is 0.157. The number of amides is 2. The van der Waals surface area contributed by atoms with Crippen molar-refractivity contribution in [2.24, 2.45) is 0 Å². The number of hydrogen-bond donors (Lipinski definition) is 2. The predicted octanol–water partition coefficient (Wildman–Crippen LogP) is 9.17. The van der Waals surface area contributed by atoms with Crippen molar-refractivity contribution in [3.8, 4) is 22.3 Å². The molecule has 0 radical (unpaired) electrons. The minimum absolute atomic E-state index is 0.0542. The Morgan fingerprint density at radius 3 is 1.33 bits per heavy atom. The molecule has 0 saturated heterocycles. The molecule has 5 aromatic carbocycles. The first kappa shape index (κ1) is 27.0. The third kappa shape index (κ3) is 5.17. The van der Waals surface area contributed by atoms with Gasteiger partial charge < -0.3 is 9.47 Å². The van der Waals surface area contributed by atoms with Gasteiger partial charge in [-0.1, -0.05) is 113 Å². The number of carbonyl (C=O) groups is 2. The summed E-state index contributed by atoms with van der Waals surface area (Å²) in [6.07, 6.45) is -1.23. The minimum Gasteiger partial charge on any atom is -0.448 e. The zero-order valence-electron chi connectivity index (χ0n) is 23.0. The number of anilines is 2. The Bertz CT molecular complexity index is 1780. The summed E-state index contributed by atoms with van der Waals surface area (Å²) in [5, 5.41) is 5.58. The third-order valence-electron chi connectivity index (χ3n) is 8.14. The maximum absolute atomic E-state index is 13.0. The molecule has 0 aliphatic heterocycles. The van der Waals surface area contributed by atoms with Crippen LogP contribution in [-0.4, -0.2) is 25.4 Å². The third-order valence-corrected chi connectivity index (χ3v) is 8.64. The molecule has 0 atom stereocenters. The van der Waals surface area contributed by atoms with Crippen molar-refractivity contribution in [3.63, 3.8) is 0 Å². The van der Waals surface area contributed by atoms with Crippen molar-refractivity contribution in [3.05, 3.63) is 142 Å². The molecule has 7 heteroatoms. The predicted molar refractivity (Wildman–Crippen MR) is 172 cm³/mol. The lowest BCUT2D eigenvalue weighted by Crippen LogP contribution is -2.21. The Labute approximate surface area is 257 Å². The van der Waals surface area contributed by atoms with Crippen LogP contribution in [0.3, 0.4) is 0 Å². The van der Waals surface area contributed by atoms with E-state index in [9.17, 15) is 9.59 Å². The van der Waals surface area contributed by atoms with Crippen LogP contribution in [0.5, 0.6) is 0 Å². The molecule has 0 saturated carbocycles. The van der Waals surface area contributed by atoms with Gasteiger partial charge in [0, 0.05) is 16.3 Å². The summed E-state index contributed by atoms with van der Waals surface area (Å²) >= 11 is 3.45. The molecule has 0 unspecified atom stereocenters. The van der Waals surface area contributed by atoms with Crippen molar-refractivity contribution in [2.75, 3.05) is 23.8 Å². The van der Waals surface area contributed by atoms with E-state index >= 15 is 0 Å². The van der Waals surface area contributed by atoms with Gasteiger partial charge in [-0.05, 0) is 62.7 Å². The SMILES string of the molecule is O=C(Nc1ccc(Br)cc1NC(=O)OCC1c2ccccc2-c2ccccc21)OCC1c2ccccc2-c2ccccc21. The summed E-state index contributed by atoms with van der Waals surface area (Å²) in [7, 11) is 0. The standard InChI is InChI=1S/C36H27BrN2O4/c37-22-17-18-33(38-35(40)42-20-31-27-13-5-1-9-23(27)24-10-2-6-14-28(24)31)34(19-22)39-36(41)43-21-32-29-15-7-3-11-25(29)26-12-4-8-16-30(26)32/h1-19,31-32H,20-21H2,(H,38,40)(H,39,41). The molecule has 0 fully saturated rings. The normalized spacial score (nSPS) is 13.0. The van der Waals surface area contributed by atoms with Gasteiger partial charge in [0.15, 0.2) is 0 Å². The molecule has 2 aliphatic carbocycles. The molecule has 6 nitrogen and oxygen atoms in total. The fraction of sp³-hybridized carbons (Fsp3) is 0.111. The second-order valence-electron chi connectivity index (χ2n) is 10.6. The highest BCUT2D eigenvalue weighted by Crippen LogP contribution is 2.45. The molecule has 7 rings (SSSR count). The first-order chi connectivity index (χ1) is 21.1. The van der Waals surface area contributed by atoms with E-state index in [0.717, 1.165) is 49.0 Å². The van der Waals surface area contributed by atoms with E-state index in [2.05, 4.69) is 75.1 Å². The van der Waals surface area contributed by atoms with Crippen molar-refractivity contribution in [1.82, 2.24) is 0 Å². The Morgan fingerprint density at radius 1 is 0.535 bits per heavy atom. The Balaban J connectivity index is 1.01. The van der Waals surface area contributed by atoms with Crippen LogP contribution in [0.2, 0.25) is 0 Å². The topological polar surface area (TPSA) is 76.7 Å². The molecule has 2 N–H and O–H groups in total. The molecule has 0 spiro atoms. The molecule has 2 aliphatic rings. The van der Waals surface area contributed by atoms with Crippen LogP contribution in [-0.2, 0) is 9.47 Å². The van der Waals surface area contributed by atoms with Gasteiger partial charge in [-0.15, -0.1) is 0 Å². The molecule has 0 heterocycles. The number of nitrogens with one attached hydrogen (secondary N) is 2. The number of fused-ring (bicyclic) bond motifs is 6. The molecule has 5 aromatic rings. The number of ether oxygens (including phenoxy) is 2. The fourth-order valence-electron chi connectivity index (χ4n) is 6.22. The van der Waals surface area contributed by atoms with E-state index in [1.165, 1.54) is 0 Å². The van der Waals surface area contributed by atoms with E-state index in [1.54, 1.807) is 18.2 Å². The number of carbonyl (C=O) groups excluding carboxylic acids is 2. The lowest BCUT2D eigenvalue weighted by atomic mass is 9.98. The first-order valence-electron chi connectivity index (χ1n) is 14.1. The highest BCUT2D eigenvalue weighted by molar-refractivity contribution is 9.10. The summed E-state index contributed by atoms with van der Waals surface area (Å²) in [5.41, 5.74) is 9.98. The molecule has 0 bridgehead atoms. The molecular formula is C36H27BrN2O4. The van der Waals surface area contributed by atoms with Crippen molar-refractivity contribution in [1.29, 1.82) is 0 Å². The van der Waals surface area contributed by atoms with Crippen LogP contribution in [0.15, 0.2) is 120 Å². The van der Waals surface area contributed by atoms with Gasteiger partial charge in [-0.25, -0.2) is 9.59 Å². The molecule has 2 amide bonds. The highest BCUT2D eigenvalue weighted by Gasteiger charge is 2.30. The van der Waals surface area contributed by atoms with Crippen LogP contribution in [0.1, 0.15) is 34.1 Å². The quantitative estimate of drug-likeness (QED) is 0.196. The molecule has 0 aromatic heterocycles.